The predicted octanol–water partition coefficient (Wildman–Crippen LogP) is 2.68. The van der Waals surface area contributed by atoms with Crippen LogP contribution in [0.1, 0.15) is 56.6 Å². The summed E-state index contributed by atoms with van der Waals surface area (Å²) in [5.41, 5.74) is 7.18. The first kappa shape index (κ1) is 15.9. The SMILES string of the molecule is CCCOC1CCCN(C(=O)c2cc(N)cn2C(C)C)C1. The number of piperidine rings is 1. The number of carbonyl (C=O) groups excluding carboxylic acids is 1. The van der Waals surface area contributed by atoms with E-state index in [4.69, 9.17) is 10.5 Å². The van der Waals surface area contributed by atoms with Gasteiger partial charge in [-0.1, -0.05) is 6.92 Å². The van der Waals surface area contributed by atoms with E-state index in [1.165, 1.54) is 0 Å². The van der Waals surface area contributed by atoms with Gasteiger partial charge in [0.2, 0.25) is 0 Å². The highest BCUT2D eigenvalue weighted by Gasteiger charge is 2.27. The molecule has 1 unspecified atom stereocenters. The quantitative estimate of drug-likeness (QED) is 0.908. The first-order chi connectivity index (χ1) is 10.0. The minimum Gasteiger partial charge on any atom is -0.397 e. The van der Waals surface area contributed by atoms with Crippen molar-refractivity contribution in [2.45, 2.75) is 52.2 Å². The molecule has 1 aliphatic rings. The van der Waals surface area contributed by atoms with E-state index in [2.05, 4.69) is 20.8 Å². The van der Waals surface area contributed by atoms with Gasteiger partial charge in [-0.2, -0.15) is 0 Å². The van der Waals surface area contributed by atoms with E-state index in [-0.39, 0.29) is 18.1 Å². The first-order valence-electron chi connectivity index (χ1n) is 7.91. The van der Waals surface area contributed by atoms with Crippen LogP contribution < -0.4 is 5.73 Å². The third kappa shape index (κ3) is 3.79. The van der Waals surface area contributed by atoms with Crippen molar-refractivity contribution >= 4 is 11.6 Å². The van der Waals surface area contributed by atoms with Gasteiger partial charge >= 0.3 is 0 Å². The molecule has 1 aromatic rings. The topological polar surface area (TPSA) is 60.5 Å². The molecule has 0 radical (unpaired) electrons. The number of hydrogen-bond donors (Lipinski definition) is 1. The highest BCUT2D eigenvalue weighted by Crippen LogP contribution is 2.21. The van der Waals surface area contributed by atoms with Gasteiger partial charge < -0.3 is 19.9 Å². The molecule has 0 saturated carbocycles. The zero-order valence-electron chi connectivity index (χ0n) is 13.3. The van der Waals surface area contributed by atoms with Gasteiger partial charge in [-0.15, -0.1) is 0 Å². The third-order valence-corrected chi connectivity index (χ3v) is 3.87. The van der Waals surface area contributed by atoms with Crippen molar-refractivity contribution in [2.75, 3.05) is 25.4 Å². The van der Waals surface area contributed by atoms with Crippen molar-refractivity contribution in [2.24, 2.45) is 0 Å². The highest BCUT2D eigenvalue weighted by molar-refractivity contribution is 5.94. The van der Waals surface area contributed by atoms with Crippen LogP contribution in [0.25, 0.3) is 0 Å². The molecule has 2 heterocycles. The molecule has 1 saturated heterocycles. The van der Waals surface area contributed by atoms with Crippen LogP contribution in [0.4, 0.5) is 5.69 Å². The maximum Gasteiger partial charge on any atom is 0.270 e. The summed E-state index contributed by atoms with van der Waals surface area (Å²) in [6.07, 6.45) is 5.06. The molecule has 1 amide bonds. The molecule has 1 aromatic heterocycles. The summed E-state index contributed by atoms with van der Waals surface area (Å²) in [5, 5.41) is 0. The largest absolute Gasteiger partial charge is 0.397 e. The minimum atomic E-state index is 0.0604. The molecule has 1 aliphatic heterocycles. The number of nitrogens with zero attached hydrogens (tertiary/aromatic N) is 2. The Balaban J connectivity index is 2.09. The smallest absolute Gasteiger partial charge is 0.270 e. The fraction of sp³-hybridized carbons (Fsp3) is 0.688. The summed E-state index contributed by atoms with van der Waals surface area (Å²) in [7, 11) is 0. The highest BCUT2D eigenvalue weighted by atomic mass is 16.5. The molecule has 1 fully saturated rings. The van der Waals surface area contributed by atoms with E-state index >= 15 is 0 Å². The maximum absolute atomic E-state index is 12.8. The van der Waals surface area contributed by atoms with E-state index in [1.54, 1.807) is 6.07 Å². The van der Waals surface area contributed by atoms with E-state index in [0.29, 0.717) is 17.9 Å². The second-order valence-corrected chi connectivity index (χ2v) is 6.05. The van der Waals surface area contributed by atoms with Crippen LogP contribution >= 0.6 is 0 Å². The summed E-state index contributed by atoms with van der Waals surface area (Å²) >= 11 is 0. The van der Waals surface area contributed by atoms with Gasteiger partial charge in [-0.05, 0) is 39.2 Å². The van der Waals surface area contributed by atoms with Gasteiger partial charge in [0.1, 0.15) is 5.69 Å². The third-order valence-electron chi connectivity index (χ3n) is 3.87. The number of hydrogen-bond acceptors (Lipinski definition) is 3. The summed E-state index contributed by atoms with van der Waals surface area (Å²) in [5.74, 6) is 0.0604. The molecule has 5 heteroatoms. The fourth-order valence-electron chi connectivity index (χ4n) is 2.80. The normalized spacial score (nSPS) is 19.2. The van der Waals surface area contributed by atoms with Crippen LogP contribution in [-0.2, 0) is 4.74 Å². The van der Waals surface area contributed by atoms with Gasteiger partial charge in [0, 0.05) is 31.9 Å². The standard InChI is InChI=1S/C16H27N3O2/c1-4-8-21-14-6-5-7-18(11-14)16(20)15-9-13(17)10-19(15)12(2)3/h9-10,12,14H,4-8,11,17H2,1-3H3. The minimum absolute atomic E-state index is 0.0604. The molecule has 118 valence electrons. The number of amides is 1. The Morgan fingerprint density at radius 3 is 2.95 bits per heavy atom. The van der Waals surface area contributed by atoms with Crippen molar-refractivity contribution in [1.82, 2.24) is 9.47 Å². The molecule has 5 nitrogen and oxygen atoms in total. The summed E-state index contributed by atoms with van der Waals surface area (Å²) in [4.78, 5) is 14.7. The Morgan fingerprint density at radius 2 is 2.29 bits per heavy atom. The lowest BCUT2D eigenvalue weighted by Gasteiger charge is -2.33. The maximum atomic E-state index is 12.8. The number of ether oxygens (including phenoxy) is 1. The van der Waals surface area contributed by atoms with Crippen molar-refractivity contribution in [1.29, 1.82) is 0 Å². The van der Waals surface area contributed by atoms with Gasteiger partial charge in [-0.3, -0.25) is 4.79 Å². The van der Waals surface area contributed by atoms with Crippen molar-refractivity contribution in [3.63, 3.8) is 0 Å². The first-order valence-corrected chi connectivity index (χ1v) is 7.91. The zero-order valence-corrected chi connectivity index (χ0v) is 13.3. The number of nitrogens with two attached hydrogens (primary N) is 1. The number of rotatable bonds is 5. The fourth-order valence-corrected chi connectivity index (χ4v) is 2.80. The second kappa shape index (κ2) is 6.98. The summed E-state index contributed by atoms with van der Waals surface area (Å²) in [6, 6.07) is 2.00. The number of anilines is 1. The Kier molecular flexibility index (Phi) is 5.28. The van der Waals surface area contributed by atoms with E-state index in [9.17, 15) is 4.79 Å². The number of aromatic nitrogens is 1. The Morgan fingerprint density at radius 1 is 1.52 bits per heavy atom. The number of likely N-dealkylation sites (tertiary alicyclic amines) is 1. The predicted molar refractivity (Wildman–Crippen MR) is 84.4 cm³/mol. The van der Waals surface area contributed by atoms with E-state index in [1.807, 2.05) is 15.7 Å². The lowest BCUT2D eigenvalue weighted by Crippen LogP contribution is -2.44. The van der Waals surface area contributed by atoms with Gasteiger partial charge in [-0.25, -0.2) is 0 Å². The van der Waals surface area contributed by atoms with Crippen molar-refractivity contribution in [3.05, 3.63) is 18.0 Å². The van der Waals surface area contributed by atoms with Crippen LogP contribution in [0, 0.1) is 0 Å². The van der Waals surface area contributed by atoms with Crippen molar-refractivity contribution in [3.8, 4) is 0 Å². The Hall–Kier alpha value is -1.49. The average Bonchev–Trinajstić information content (AvgIpc) is 2.87. The van der Waals surface area contributed by atoms with Crippen LogP contribution in [0.3, 0.4) is 0 Å². The molecule has 0 spiro atoms. The summed E-state index contributed by atoms with van der Waals surface area (Å²) in [6.45, 7) is 8.46. The molecular formula is C16H27N3O2. The molecule has 21 heavy (non-hydrogen) atoms. The lowest BCUT2D eigenvalue weighted by atomic mass is 10.1. The van der Waals surface area contributed by atoms with Crippen LogP contribution in [-0.4, -0.2) is 41.2 Å². The van der Waals surface area contributed by atoms with E-state index < -0.39 is 0 Å². The van der Waals surface area contributed by atoms with Gasteiger partial charge in [0.25, 0.3) is 5.91 Å². The molecular weight excluding hydrogens is 266 g/mol. The molecule has 0 bridgehead atoms. The molecule has 2 rings (SSSR count). The van der Waals surface area contributed by atoms with E-state index in [0.717, 1.165) is 32.4 Å². The number of carbonyl (C=O) groups is 1. The molecule has 0 aromatic carbocycles. The lowest BCUT2D eigenvalue weighted by molar-refractivity contribution is 0.00173. The zero-order chi connectivity index (χ0) is 15.4. The van der Waals surface area contributed by atoms with Gasteiger partial charge in [0.15, 0.2) is 0 Å². The molecule has 1 atom stereocenters. The van der Waals surface area contributed by atoms with Gasteiger partial charge in [0.05, 0.1) is 11.8 Å². The molecule has 2 N–H and O–H groups in total. The second-order valence-electron chi connectivity index (χ2n) is 6.05. The summed E-state index contributed by atoms with van der Waals surface area (Å²) < 4.78 is 7.76. The molecule has 0 aliphatic carbocycles. The van der Waals surface area contributed by atoms with Crippen LogP contribution in [0.2, 0.25) is 0 Å². The Labute approximate surface area is 127 Å². The Bertz CT molecular complexity index is 482. The van der Waals surface area contributed by atoms with Crippen LogP contribution in [0.15, 0.2) is 12.3 Å². The number of nitrogen functional groups attached to an aromatic ring is 1. The van der Waals surface area contributed by atoms with Crippen LogP contribution in [0.5, 0.6) is 0 Å². The van der Waals surface area contributed by atoms with Crippen molar-refractivity contribution < 1.29 is 9.53 Å². The monoisotopic (exact) mass is 293 g/mol. The average molecular weight is 293 g/mol.